The first-order valence-corrected chi connectivity index (χ1v) is 5.76. The lowest BCUT2D eigenvalue weighted by atomic mass is 10.0. The summed E-state index contributed by atoms with van der Waals surface area (Å²) in [6, 6.07) is 11.1. The molecule has 0 aliphatic heterocycles. The summed E-state index contributed by atoms with van der Waals surface area (Å²) in [7, 11) is 1.58. The van der Waals surface area contributed by atoms with E-state index < -0.39 is 0 Å². The number of nitrogens with two attached hydrogens (primary N) is 1. The Morgan fingerprint density at radius 1 is 0.941 bits per heavy atom. The Labute approximate surface area is 110 Å². The van der Waals surface area contributed by atoms with Crippen LogP contribution in [0.25, 0.3) is 11.1 Å². The van der Waals surface area contributed by atoms with E-state index in [-0.39, 0.29) is 0 Å². The molecule has 0 amide bonds. The lowest BCUT2D eigenvalue weighted by Crippen LogP contribution is -1.89. The van der Waals surface area contributed by atoms with E-state index in [1.54, 1.807) is 19.2 Å². The first kappa shape index (κ1) is 12.1. The molecule has 88 valence electrons. The van der Waals surface area contributed by atoms with E-state index in [1.807, 2.05) is 24.3 Å². The molecule has 0 aliphatic rings. The zero-order valence-electron chi connectivity index (χ0n) is 9.21. The number of rotatable bonds is 2. The van der Waals surface area contributed by atoms with Crippen LogP contribution in [-0.2, 0) is 0 Å². The van der Waals surface area contributed by atoms with Crippen LogP contribution >= 0.6 is 23.2 Å². The van der Waals surface area contributed by atoms with Crippen LogP contribution in [-0.4, -0.2) is 7.11 Å². The third-order valence-electron chi connectivity index (χ3n) is 2.48. The highest BCUT2D eigenvalue weighted by atomic mass is 35.5. The van der Waals surface area contributed by atoms with Gasteiger partial charge >= 0.3 is 0 Å². The molecule has 2 N–H and O–H groups in total. The Morgan fingerprint density at radius 2 is 1.53 bits per heavy atom. The van der Waals surface area contributed by atoms with Crippen molar-refractivity contribution in [1.82, 2.24) is 0 Å². The van der Waals surface area contributed by atoms with Gasteiger partial charge in [0, 0.05) is 0 Å². The standard InChI is InChI=1S/C13H11Cl2NO/c1-17-13-7-9(3-5-11(13)15)8-2-4-10(14)12(16)6-8/h2-7H,16H2,1H3. The lowest BCUT2D eigenvalue weighted by Gasteiger charge is -2.08. The maximum atomic E-state index is 5.97. The smallest absolute Gasteiger partial charge is 0.138 e. The Morgan fingerprint density at radius 3 is 2.12 bits per heavy atom. The molecule has 4 heteroatoms. The summed E-state index contributed by atoms with van der Waals surface area (Å²) in [6.45, 7) is 0. The van der Waals surface area contributed by atoms with Gasteiger partial charge in [-0.2, -0.15) is 0 Å². The van der Waals surface area contributed by atoms with Crippen LogP contribution in [0.1, 0.15) is 0 Å². The first-order chi connectivity index (χ1) is 8.11. The van der Waals surface area contributed by atoms with E-state index >= 15 is 0 Å². The summed E-state index contributed by atoms with van der Waals surface area (Å²) >= 11 is 11.9. The van der Waals surface area contributed by atoms with Gasteiger partial charge in [0.15, 0.2) is 0 Å². The number of hydrogen-bond acceptors (Lipinski definition) is 2. The fourth-order valence-electron chi connectivity index (χ4n) is 1.56. The Bertz CT molecular complexity index is 555. The predicted molar refractivity (Wildman–Crippen MR) is 72.9 cm³/mol. The quantitative estimate of drug-likeness (QED) is 0.826. The molecule has 0 spiro atoms. The highest BCUT2D eigenvalue weighted by molar-refractivity contribution is 6.33. The molecule has 0 atom stereocenters. The topological polar surface area (TPSA) is 35.2 Å². The number of benzene rings is 2. The molecule has 0 heterocycles. The molecule has 0 saturated carbocycles. The number of anilines is 1. The summed E-state index contributed by atoms with van der Waals surface area (Å²) in [5.41, 5.74) is 8.28. The Balaban J connectivity index is 2.49. The molecule has 0 bridgehead atoms. The maximum Gasteiger partial charge on any atom is 0.138 e. The van der Waals surface area contributed by atoms with Crippen molar-refractivity contribution < 1.29 is 4.74 Å². The highest BCUT2D eigenvalue weighted by Crippen LogP contribution is 2.32. The predicted octanol–water partition coefficient (Wildman–Crippen LogP) is 4.25. The molecule has 2 nitrogen and oxygen atoms in total. The van der Waals surface area contributed by atoms with E-state index in [0.717, 1.165) is 11.1 Å². The van der Waals surface area contributed by atoms with Crippen molar-refractivity contribution in [2.24, 2.45) is 0 Å². The first-order valence-electron chi connectivity index (χ1n) is 5.01. The van der Waals surface area contributed by atoms with Crippen molar-refractivity contribution in [2.75, 3.05) is 12.8 Å². The van der Waals surface area contributed by atoms with Gasteiger partial charge < -0.3 is 10.5 Å². The third-order valence-corrected chi connectivity index (χ3v) is 3.14. The average molecular weight is 268 g/mol. The highest BCUT2D eigenvalue weighted by Gasteiger charge is 2.05. The summed E-state index contributed by atoms with van der Waals surface area (Å²) in [5.74, 6) is 0.637. The number of halogens is 2. The van der Waals surface area contributed by atoms with Crippen molar-refractivity contribution in [3.05, 3.63) is 46.4 Å². The summed E-state index contributed by atoms with van der Waals surface area (Å²) in [4.78, 5) is 0. The van der Waals surface area contributed by atoms with Gasteiger partial charge in [0.2, 0.25) is 0 Å². The molecule has 0 unspecified atom stereocenters. The number of nitrogen functional groups attached to an aromatic ring is 1. The number of ether oxygens (including phenoxy) is 1. The van der Waals surface area contributed by atoms with E-state index in [9.17, 15) is 0 Å². The van der Waals surface area contributed by atoms with Gasteiger partial charge in [-0.1, -0.05) is 35.3 Å². The van der Waals surface area contributed by atoms with Crippen molar-refractivity contribution in [1.29, 1.82) is 0 Å². The largest absolute Gasteiger partial charge is 0.495 e. The maximum absolute atomic E-state index is 5.97. The third kappa shape index (κ3) is 2.48. The second-order valence-corrected chi connectivity index (χ2v) is 4.40. The molecule has 0 radical (unpaired) electrons. The molecule has 17 heavy (non-hydrogen) atoms. The van der Waals surface area contributed by atoms with E-state index in [2.05, 4.69) is 0 Å². The molecule has 0 aliphatic carbocycles. The molecule has 0 fully saturated rings. The van der Waals surface area contributed by atoms with Crippen LogP contribution in [0.2, 0.25) is 10.0 Å². The molecule has 2 aromatic carbocycles. The van der Waals surface area contributed by atoms with E-state index in [0.29, 0.717) is 21.5 Å². The Kier molecular flexibility index (Phi) is 3.46. The second-order valence-electron chi connectivity index (χ2n) is 3.59. The summed E-state index contributed by atoms with van der Waals surface area (Å²) < 4.78 is 5.17. The SMILES string of the molecule is COc1cc(-c2ccc(Cl)c(N)c2)ccc1Cl. The fraction of sp³-hybridized carbons (Fsp3) is 0.0769. The minimum atomic E-state index is 0.551. The van der Waals surface area contributed by atoms with Gasteiger partial charge in [-0.3, -0.25) is 0 Å². The van der Waals surface area contributed by atoms with Gasteiger partial charge in [-0.05, 0) is 35.4 Å². The van der Waals surface area contributed by atoms with Crippen LogP contribution in [0.3, 0.4) is 0 Å². The van der Waals surface area contributed by atoms with Gasteiger partial charge in [-0.25, -0.2) is 0 Å². The van der Waals surface area contributed by atoms with Gasteiger partial charge in [0.25, 0.3) is 0 Å². The van der Waals surface area contributed by atoms with Gasteiger partial charge in [0.1, 0.15) is 5.75 Å². The fourth-order valence-corrected chi connectivity index (χ4v) is 1.87. The van der Waals surface area contributed by atoms with Crippen molar-refractivity contribution in [3.63, 3.8) is 0 Å². The van der Waals surface area contributed by atoms with Crippen LogP contribution < -0.4 is 10.5 Å². The molecule has 0 saturated heterocycles. The van der Waals surface area contributed by atoms with Crippen LogP contribution in [0.5, 0.6) is 5.75 Å². The summed E-state index contributed by atoms with van der Waals surface area (Å²) in [5, 5.41) is 1.13. The monoisotopic (exact) mass is 267 g/mol. The minimum absolute atomic E-state index is 0.551. The normalized spacial score (nSPS) is 10.3. The zero-order chi connectivity index (χ0) is 12.4. The van der Waals surface area contributed by atoms with Gasteiger partial charge in [0.05, 0.1) is 22.8 Å². The van der Waals surface area contributed by atoms with Crippen LogP contribution in [0.4, 0.5) is 5.69 Å². The van der Waals surface area contributed by atoms with Crippen LogP contribution in [0.15, 0.2) is 36.4 Å². The summed E-state index contributed by atoms with van der Waals surface area (Å²) in [6.07, 6.45) is 0. The average Bonchev–Trinajstić information content (AvgIpc) is 2.33. The molecular weight excluding hydrogens is 257 g/mol. The molecule has 2 aromatic rings. The number of hydrogen-bond donors (Lipinski definition) is 1. The van der Waals surface area contributed by atoms with Crippen molar-refractivity contribution in [3.8, 4) is 16.9 Å². The lowest BCUT2D eigenvalue weighted by molar-refractivity contribution is 0.415. The van der Waals surface area contributed by atoms with Gasteiger partial charge in [-0.15, -0.1) is 0 Å². The minimum Gasteiger partial charge on any atom is -0.495 e. The molecule has 0 aromatic heterocycles. The van der Waals surface area contributed by atoms with E-state index in [4.69, 9.17) is 33.7 Å². The van der Waals surface area contributed by atoms with Crippen molar-refractivity contribution in [2.45, 2.75) is 0 Å². The zero-order valence-corrected chi connectivity index (χ0v) is 10.7. The second kappa shape index (κ2) is 4.86. The van der Waals surface area contributed by atoms with Crippen molar-refractivity contribution >= 4 is 28.9 Å². The molecule has 2 rings (SSSR count). The number of methoxy groups -OCH3 is 1. The van der Waals surface area contributed by atoms with Crippen LogP contribution in [0, 0.1) is 0 Å². The molecular formula is C13H11Cl2NO. The van der Waals surface area contributed by atoms with E-state index in [1.165, 1.54) is 0 Å². The Hall–Kier alpha value is -1.38.